The summed E-state index contributed by atoms with van der Waals surface area (Å²) < 4.78 is 0. The van der Waals surface area contributed by atoms with Crippen LogP contribution in [0.3, 0.4) is 0 Å². The number of hydrogen-bond acceptors (Lipinski definition) is 3. The van der Waals surface area contributed by atoms with Crippen molar-refractivity contribution in [3.63, 3.8) is 0 Å². The molecule has 1 aromatic heterocycles. The Kier molecular flexibility index (Phi) is 3.06. The van der Waals surface area contributed by atoms with Gasteiger partial charge < -0.3 is 5.11 Å². The fraction of sp³-hybridized carbons (Fsp3) is 0.444. The Morgan fingerprint density at radius 2 is 2.14 bits per heavy atom. The lowest BCUT2D eigenvalue weighted by Crippen LogP contribution is -2.26. The number of carboxylic acids is 1. The smallest absolute Gasteiger partial charge is 0.309 e. The van der Waals surface area contributed by atoms with E-state index in [1.807, 2.05) is 0 Å². The van der Waals surface area contributed by atoms with E-state index in [2.05, 4.69) is 9.97 Å². The monoisotopic (exact) mass is 214 g/mol. The van der Waals surface area contributed by atoms with E-state index < -0.39 is 11.4 Å². The summed E-state index contributed by atoms with van der Waals surface area (Å²) in [5.41, 5.74) is -0.204. The molecule has 0 saturated carbocycles. The van der Waals surface area contributed by atoms with Crippen molar-refractivity contribution in [2.45, 2.75) is 20.3 Å². The molecule has 0 radical (unpaired) electrons. The van der Waals surface area contributed by atoms with Crippen LogP contribution in [0.1, 0.15) is 19.5 Å². The quantitative estimate of drug-likeness (QED) is 0.833. The van der Waals surface area contributed by atoms with Crippen LogP contribution >= 0.6 is 11.6 Å². The summed E-state index contributed by atoms with van der Waals surface area (Å²) in [6, 6.07) is 0. The highest BCUT2D eigenvalue weighted by atomic mass is 35.5. The van der Waals surface area contributed by atoms with Crippen LogP contribution in [0.2, 0.25) is 5.15 Å². The molecule has 0 unspecified atom stereocenters. The predicted octanol–water partition coefficient (Wildman–Crippen LogP) is 1.78. The minimum atomic E-state index is -0.853. The summed E-state index contributed by atoms with van der Waals surface area (Å²) in [5.74, 6) is -0.853. The van der Waals surface area contributed by atoms with Crippen LogP contribution in [0.5, 0.6) is 0 Å². The Balaban J connectivity index is 2.79. The Hall–Kier alpha value is -1.16. The predicted molar refractivity (Wildman–Crippen MR) is 52.2 cm³/mol. The lowest BCUT2D eigenvalue weighted by molar-refractivity contribution is -0.146. The maximum absolute atomic E-state index is 10.8. The number of aromatic nitrogens is 2. The second kappa shape index (κ2) is 3.92. The van der Waals surface area contributed by atoms with Crippen molar-refractivity contribution < 1.29 is 9.90 Å². The fourth-order valence-electron chi connectivity index (χ4n) is 0.959. The second-order valence-corrected chi connectivity index (χ2v) is 4.08. The molecule has 1 heterocycles. The molecule has 0 aliphatic rings. The minimum Gasteiger partial charge on any atom is -0.481 e. The highest BCUT2D eigenvalue weighted by Crippen LogP contribution is 2.20. The van der Waals surface area contributed by atoms with Gasteiger partial charge >= 0.3 is 5.97 Å². The standard InChI is InChI=1S/C9H11ClN2O2/c1-9(2,8(13)14)3-6-4-12-7(10)5-11-6/h4-5H,3H2,1-2H3,(H,13,14). The van der Waals surface area contributed by atoms with E-state index >= 15 is 0 Å². The zero-order valence-corrected chi connectivity index (χ0v) is 8.75. The second-order valence-electron chi connectivity index (χ2n) is 3.70. The van der Waals surface area contributed by atoms with Crippen LogP contribution in [-0.2, 0) is 11.2 Å². The van der Waals surface area contributed by atoms with Gasteiger partial charge in [-0.1, -0.05) is 11.6 Å². The van der Waals surface area contributed by atoms with Gasteiger partial charge in [0.15, 0.2) is 0 Å². The van der Waals surface area contributed by atoms with Gasteiger partial charge in [-0.3, -0.25) is 9.78 Å². The molecule has 0 aliphatic carbocycles. The molecule has 5 heteroatoms. The number of halogens is 1. The lowest BCUT2D eigenvalue weighted by Gasteiger charge is -2.17. The van der Waals surface area contributed by atoms with E-state index in [4.69, 9.17) is 16.7 Å². The van der Waals surface area contributed by atoms with Crippen molar-refractivity contribution >= 4 is 17.6 Å². The first-order valence-electron chi connectivity index (χ1n) is 4.11. The van der Waals surface area contributed by atoms with Gasteiger partial charge in [-0.05, 0) is 13.8 Å². The maximum Gasteiger partial charge on any atom is 0.309 e. The average molecular weight is 215 g/mol. The van der Waals surface area contributed by atoms with Crippen molar-refractivity contribution in [3.05, 3.63) is 23.2 Å². The van der Waals surface area contributed by atoms with Gasteiger partial charge in [0.05, 0.1) is 23.5 Å². The van der Waals surface area contributed by atoms with Crippen LogP contribution in [0.4, 0.5) is 0 Å². The van der Waals surface area contributed by atoms with E-state index in [9.17, 15) is 4.79 Å². The Bertz CT molecular complexity index is 335. The third-order valence-electron chi connectivity index (χ3n) is 1.88. The zero-order chi connectivity index (χ0) is 10.8. The number of aliphatic carboxylic acids is 1. The van der Waals surface area contributed by atoms with Gasteiger partial charge in [-0.15, -0.1) is 0 Å². The summed E-state index contributed by atoms with van der Waals surface area (Å²) in [5, 5.41) is 9.19. The Labute approximate surface area is 87.0 Å². The average Bonchev–Trinajstić information content (AvgIpc) is 2.08. The highest BCUT2D eigenvalue weighted by Gasteiger charge is 2.27. The number of nitrogens with zero attached hydrogens (tertiary/aromatic N) is 2. The van der Waals surface area contributed by atoms with Crippen LogP contribution in [0.15, 0.2) is 12.4 Å². The van der Waals surface area contributed by atoms with E-state index in [0.29, 0.717) is 17.3 Å². The van der Waals surface area contributed by atoms with Gasteiger partial charge in [0.1, 0.15) is 5.15 Å². The van der Waals surface area contributed by atoms with Crippen molar-refractivity contribution in [1.82, 2.24) is 9.97 Å². The molecular formula is C9H11ClN2O2. The molecule has 0 amide bonds. The SMILES string of the molecule is CC(C)(Cc1cnc(Cl)cn1)C(=O)O. The summed E-state index contributed by atoms with van der Waals surface area (Å²) in [6.45, 7) is 3.29. The zero-order valence-electron chi connectivity index (χ0n) is 7.99. The molecule has 14 heavy (non-hydrogen) atoms. The van der Waals surface area contributed by atoms with Crippen molar-refractivity contribution in [2.24, 2.45) is 5.41 Å². The van der Waals surface area contributed by atoms with Crippen molar-refractivity contribution in [3.8, 4) is 0 Å². The van der Waals surface area contributed by atoms with Crippen molar-refractivity contribution in [1.29, 1.82) is 0 Å². The molecule has 0 aromatic carbocycles. The van der Waals surface area contributed by atoms with Gasteiger partial charge in [0.2, 0.25) is 0 Å². The van der Waals surface area contributed by atoms with E-state index in [1.165, 1.54) is 12.4 Å². The van der Waals surface area contributed by atoms with E-state index in [0.717, 1.165) is 0 Å². The fourth-order valence-corrected chi connectivity index (χ4v) is 1.06. The minimum absolute atomic E-state index is 0.307. The first-order valence-corrected chi connectivity index (χ1v) is 4.49. The Morgan fingerprint density at radius 1 is 1.50 bits per heavy atom. The van der Waals surface area contributed by atoms with Crippen LogP contribution in [-0.4, -0.2) is 21.0 Å². The van der Waals surface area contributed by atoms with E-state index in [1.54, 1.807) is 13.8 Å². The first-order chi connectivity index (χ1) is 6.42. The molecule has 0 spiro atoms. The lowest BCUT2D eigenvalue weighted by atomic mass is 9.88. The molecule has 1 rings (SSSR count). The molecular weight excluding hydrogens is 204 g/mol. The Morgan fingerprint density at radius 3 is 2.57 bits per heavy atom. The van der Waals surface area contributed by atoms with E-state index in [-0.39, 0.29) is 0 Å². The van der Waals surface area contributed by atoms with Gasteiger partial charge in [0, 0.05) is 6.42 Å². The van der Waals surface area contributed by atoms with Gasteiger partial charge in [-0.2, -0.15) is 0 Å². The summed E-state index contributed by atoms with van der Waals surface area (Å²) >= 11 is 5.56. The van der Waals surface area contributed by atoms with Crippen molar-refractivity contribution in [2.75, 3.05) is 0 Å². The normalized spacial score (nSPS) is 11.4. The molecule has 0 bridgehead atoms. The summed E-state index contributed by atoms with van der Waals surface area (Å²) in [6.07, 6.45) is 3.24. The molecule has 0 aliphatic heterocycles. The molecule has 0 atom stereocenters. The topological polar surface area (TPSA) is 63.1 Å². The number of hydrogen-bond donors (Lipinski definition) is 1. The van der Waals surface area contributed by atoms with Gasteiger partial charge in [-0.25, -0.2) is 4.98 Å². The molecule has 76 valence electrons. The summed E-state index contributed by atoms with van der Waals surface area (Å²) in [7, 11) is 0. The first kappa shape index (κ1) is 10.9. The largest absolute Gasteiger partial charge is 0.481 e. The molecule has 0 saturated heterocycles. The van der Waals surface area contributed by atoms with Crippen LogP contribution < -0.4 is 0 Å². The van der Waals surface area contributed by atoms with Gasteiger partial charge in [0.25, 0.3) is 0 Å². The third kappa shape index (κ3) is 2.67. The molecule has 1 N–H and O–H groups in total. The molecule has 1 aromatic rings. The molecule has 0 fully saturated rings. The summed E-state index contributed by atoms with van der Waals surface area (Å²) in [4.78, 5) is 18.6. The van der Waals surface area contributed by atoms with Crippen LogP contribution in [0.25, 0.3) is 0 Å². The highest BCUT2D eigenvalue weighted by molar-refractivity contribution is 6.29. The molecule has 4 nitrogen and oxygen atoms in total. The maximum atomic E-state index is 10.8. The van der Waals surface area contributed by atoms with Crippen LogP contribution in [0, 0.1) is 5.41 Å². The number of carboxylic acid groups (broad SMARTS) is 1. The third-order valence-corrected chi connectivity index (χ3v) is 2.07. The number of rotatable bonds is 3. The number of carbonyl (C=O) groups is 1.